The van der Waals surface area contributed by atoms with Crippen molar-refractivity contribution in [2.45, 2.75) is 23.6 Å². The predicted octanol–water partition coefficient (Wildman–Crippen LogP) is 0.784. The van der Waals surface area contributed by atoms with E-state index in [1.165, 1.54) is 17.4 Å². The van der Waals surface area contributed by atoms with Crippen LogP contribution in [-0.2, 0) is 20.2 Å². The van der Waals surface area contributed by atoms with Gasteiger partial charge in [0.15, 0.2) is 0 Å². The Labute approximate surface area is 310 Å². The molecule has 0 radical (unpaired) electrons. The number of rotatable bonds is 7. The molecular weight excluding hydrogens is 677 g/mol. The maximum atomic E-state index is 11.8. The van der Waals surface area contributed by atoms with E-state index in [1.54, 1.807) is 68.4 Å². The minimum atomic E-state index is -4.64. The van der Waals surface area contributed by atoms with Gasteiger partial charge >= 0.3 is 59.1 Å². The average molecular weight is 696 g/mol. The van der Waals surface area contributed by atoms with E-state index in [-0.39, 0.29) is 68.9 Å². The third-order valence-corrected chi connectivity index (χ3v) is 10.8. The topological polar surface area (TPSA) is 177 Å². The molecule has 0 fully saturated rings. The molecule has 0 saturated carbocycles. The molecule has 0 atom stereocenters. The minimum absolute atomic E-state index is 0. The van der Waals surface area contributed by atoms with E-state index >= 15 is 0 Å². The molecule has 0 aliphatic rings. The second-order valence-electron chi connectivity index (χ2n) is 9.53. The fourth-order valence-corrected chi connectivity index (χ4v) is 8.50. The van der Waals surface area contributed by atoms with E-state index in [1.807, 2.05) is 12.1 Å². The zero-order valence-electron chi connectivity index (χ0n) is 24.3. The summed E-state index contributed by atoms with van der Waals surface area (Å²) in [4.78, 5) is 8.49. The van der Waals surface area contributed by atoms with E-state index in [4.69, 9.17) is 0 Å². The molecule has 6 aromatic rings. The molecule has 17 heteroatoms. The van der Waals surface area contributed by atoms with Crippen LogP contribution in [0.15, 0.2) is 92.9 Å². The average Bonchev–Trinajstić information content (AvgIpc) is 3.56. The smallest absolute Gasteiger partial charge is 0.744 e. The number of hydrogen-bond donors (Lipinski definition) is 1. The van der Waals surface area contributed by atoms with Crippen molar-refractivity contribution in [3.05, 3.63) is 83.9 Å². The molecule has 218 valence electrons. The first-order valence-electron chi connectivity index (χ1n) is 12.5. The van der Waals surface area contributed by atoms with Crippen LogP contribution in [0, 0.1) is 13.8 Å². The fourth-order valence-electron chi connectivity index (χ4n) is 4.45. The Morgan fingerprint density at radius 3 is 1.93 bits per heavy atom. The molecule has 1 N–H and O–H groups in total. The van der Waals surface area contributed by atoms with Gasteiger partial charge in [0.05, 0.1) is 41.6 Å². The molecular formula is C28H19N5Na2O6S4. The first-order chi connectivity index (χ1) is 20.4. The third-order valence-electron chi connectivity index (χ3n) is 6.50. The first kappa shape index (κ1) is 35.7. The minimum Gasteiger partial charge on any atom is -0.744 e. The summed E-state index contributed by atoms with van der Waals surface area (Å²) in [6.07, 6.45) is 0. The van der Waals surface area contributed by atoms with Crippen LogP contribution in [0.3, 0.4) is 0 Å². The van der Waals surface area contributed by atoms with Crippen LogP contribution >= 0.6 is 22.7 Å². The molecule has 2 heterocycles. The van der Waals surface area contributed by atoms with E-state index in [2.05, 4.69) is 25.7 Å². The third kappa shape index (κ3) is 7.72. The zero-order valence-corrected chi connectivity index (χ0v) is 31.6. The predicted molar refractivity (Wildman–Crippen MR) is 164 cm³/mol. The Morgan fingerprint density at radius 2 is 1.31 bits per heavy atom. The van der Waals surface area contributed by atoms with Crippen LogP contribution in [0.1, 0.15) is 11.1 Å². The number of nitrogens with one attached hydrogen (secondary N) is 1. The van der Waals surface area contributed by atoms with Gasteiger partial charge in [-0.25, -0.2) is 26.8 Å². The van der Waals surface area contributed by atoms with Crippen molar-refractivity contribution in [2.75, 3.05) is 5.43 Å². The molecule has 0 unspecified atom stereocenters. The molecule has 6 rings (SSSR count). The number of anilines is 1. The van der Waals surface area contributed by atoms with Gasteiger partial charge in [0.2, 0.25) is 0 Å². The van der Waals surface area contributed by atoms with Crippen molar-refractivity contribution < 1.29 is 85.1 Å². The Bertz CT molecular complexity index is 2290. The normalized spacial score (nSPS) is 11.9. The maximum Gasteiger partial charge on any atom is 1.00 e. The summed E-state index contributed by atoms with van der Waals surface area (Å²) >= 11 is 2.54. The van der Waals surface area contributed by atoms with E-state index in [0.29, 0.717) is 48.3 Å². The molecule has 2 aromatic heterocycles. The van der Waals surface area contributed by atoms with Gasteiger partial charge in [-0.3, -0.25) is 5.43 Å². The van der Waals surface area contributed by atoms with Gasteiger partial charge in [0.1, 0.15) is 30.3 Å². The van der Waals surface area contributed by atoms with Gasteiger partial charge in [-0.15, -0.1) is 27.8 Å². The van der Waals surface area contributed by atoms with Gasteiger partial charge < -0.3 is 9.11 Å². The molecule has 11 nitrogen and oxygen atoms in total. The molecule has 0 spiro atoms. The summed E-state index contributed by atoms with van der Waals surface area (Å²) in [5.74, 6) is 0. The first-order valence-corrected chi connectivity index (χ1v) is 16.9. The second kappa shape index (κ2) is 13.9. The van der Waals surface area contributed by atoms with Crippen LogP contribution in [-0.4, -0.2) is 35.9 Å². The van der Waals surface area contributed by atoms with E-state index < -0.39 is 20.2 Å². The monoisotopic (exact) mass is 695 g/mol. The number of aromatic nitrogens is 2. The van der Waals surface area contributed by atoms with Gasteiger partial charge in [-0.1, -0.05) is 11.3 Å². The van der Waals surface area contributed by atoms with E-state index in [9.17, 15) is 25.9 Å². The van der Waals surface area contributed by atoms with Crippen LogP contribution < -0.4 is 64.5 Å². The van der Waals surface area contributed by atoms with Gasteiger partial charge in [0.25, 0.3) is 0 Å². The summed E-state index contributed by atoms with van der Waals surface area (Å²) in [6, 6.07) is 20.6. The summed E-state index contributed by atoms with van der Waals surface area (Å²) in [7, 11) is -9.23. The van der Waals surface area contributed by atoms with Gasteiger partial charge in [-0.2, -0.15) is 0 Å². The zero-order chi connectivity index (χ0) is 30.5. The Morgan fingerprint density at radius 1 is 0.711 bits per heavy atom. The Hall–Kier alpha value is -2.12. The SMILES string of the molecule is Cc1cc2sc(-c3ccc(NN=Nc4ccc(-c5nc6ccc(C)c(S(=O)(=O)[O-])c6s5)cc4)cc3)nc2cc1S(=O)(=O)[O-].[Na+].[Na+]. The van der Waals surface area contributed by atoms with Crippen LogP contribution in [0.5, 0.6) is 0 Å². The van der Waals surface area contributed by atoms with Crippen LogP contribution in [0.2, 0.25) is 0 Å². The van der Waals surface area contributed by atoms with Crippen molar-refractivity contribution in [1.82, 2.24) is 9.97 Å². The maximum absolute atomic E-state index is 11.8. The molecule has 0 amide bonds. The molecule has 45 heavy (non-hydrogen) atoms. The number of aryl methyl sites for hydroxylation is 2. The second-order valence-corrected chi connectivity index (χ2v) is 14.2. The largest absolute Gasteiger partial charge is 1.00 e. The number of hydrogen-bond acceptors (Lipinski definition) is 12. The van der Waals surface area contributed by atoms with Crippen LogP contribution in [0.25, 0.3) is 41.6 Å². The summed E-state index contributed by atoms with van der Waals surface area (Å²) in [5.41, 5.74) is 7.32. The number of benzene rings is 4. The molecule has 0 bridgehead atoms. The van der Waals surface area contributed by atoms with Crippen LogP contribution in [0.4, 0.5) is 11.4 Å². The summed E-state index contributed by atoms with van der Waals surface area (Å²) in [5, 5.41) is 9.47. The molecule has 4 aromatic carbocycles. The van der Waals surface area contributed by atoms with Crippen molar-refractivity contribution in [2.24, 2.45) is 10.3 Å². The summed E-state index contributed by atoms with van der Waals surface area (Å²) < 4.78 is 71.0. The Kier molecular flexibility index (Phi) is 11.1. The molecule has 0 saturated heterocycles. The standard InChI is InChI=1S/C28H21N5O6S4.2Na/c1-15-3-12-21-25(26(15)43(37,38)39)41-28(29-21)18-6-10-20(11-7-18)32-33-31-19-8-4-17(5-9-19)27-30-22-14-24(42(34,35)36)16(2)13-23(22)40-27;;/h3-14H,1-2H3,(H,31,32)(H,34,35,36)(H,37,38,39);;/q;2*+1/p-2. The van der Waals surface area contributed by atoms with Crippen molar-refractivity contribution >= 4 is 74.7 Å². The number of fused-ring (bicyclic) bond motifs is 2. The number of nitrogens with zero attached hydrogens (tertiary/aromatic N) is 4. The van der Waals surface area contributed by atoms with Gasteiger partial charge in [-0.05, 0) is 91.7 Å². The fraction of sp³-hybridized carbons (Fsp3) is 0.0714. The quantitative estimate of drug-likeness (QED) is 0.109. The van der Waals surface area contributed by atoms with Crippen molar-refractivity contribution in [3.8, 4) is 21.1 Å². The summed E-state index contributed by atoms with van der Waals surface area (Å²) in [6.45, 7) is 3.17. The molecule has 0 aliphatic heterocycles. The van der Waals surface area contributed by atoms with E-state index in [0.717, 1.165) is 27.2 Å². The Balaban J connectivity index is 0.00000230. The van der Waals surface area contributed by atoms with Crippen molar-refractivity contribution in [3.63, 3.8) is 0 Å². The van der Waals surface area contributed by atoms with Crippen molar-refractivity contribution in [1.29, 1.82) is 0 Å². The molecule has 0 aliphatic carbocycles. The number of thiazole rings is 2. The van der Waals surface area contributed by atoms with Gasteiger partial charge in [0, 0.05) is 11.1 Å².